The van der Waals surface area contributed by atoms with Crippen molar-refractivity contribution >= 4 is 27.0 Å². The van der Waals surface area contributed by atoms with E-state index in [4.69, 9.17) is 0 Å². The summed E-state index contributed by atoms with van der Waals surface area (Å²) in [7, 11) is 0. The second-order valence-corrected chi connectivity index (χ2v) is 6.19. The topological polar surface area (TPSA) is 40.7 Å². The number of nitrogens with one attached hydrogen (secondary N) is 2. The Morgan fingerprint density at radius 3 is 2.81 bits per heavy atom. The second-order valence-electron chi connectivity index (χ2n) is 5.34. The fourth-order valence-corrected chi connectivity index (χ4v) is 2.97. The van der Waals surface area contributed by atoms with E-state index in [9.17, 15) is 0 Å². The first-order valence-corrected chi connectivity index (χ1v) is 7.86. The lowest BCUT2D eigenvalue weighted by Crippen LogP contribution is -2.19. The summed E-state index contributed by atoms with van der Waals surface area (Å²) in [5.74, 6) is 0.972. The smallest absolute Gasteiger partial charge is 0.124 e. The number of aryl methyl sites for hydroxylation is 1. The second kappa shape index (κ2) is 6.00. The molecule has 3 rings (SSSR count). The van der Waals surface area contributed by atoms with Gasteiger partial charge in [-0.15, -0.1) is 0 Å². The minimum atomic E-state index is 0.172. The van der Waals surface area contributed by atoms with Crippen LogP contribution in [0.5, 0.6) is 0 Å². The van der Waals surface area contributed by atoms with E-state index in [1.165, 1.54) is 11.1 Å². The Bertz CT molecular complexity index is 731. The Hall–Kier alpha value is -1.65. The Morgan fingerprint density at radius 2 is 2.05 bits per heavy atom. The molecule has 0 saturated carbocycles. The van der Waals surface area contributed by atoms with Gasteiger partial charge in [-0.1, -0.05) is 40.2 Å². The van der Waals surface area contributed by atoms with Gasteiger partial charge in [0.05, 0.1) is 17.1 Å². The van der Waals surface area contributed by atoms with Crippen LogP contribution in [0.4, 0.5) is 0 Å². The highest BCUT2D eigenvalue weighted by atomic mass is 79.9. The summed E-state index contributed by atoms with van der Waals surface area (Å²) in [5, 5.41) is 3.51. The minimum Gasteiger partial charge on any atom is -0.341 e. The average molecular weight is 344 g/mol. The predicted octanol–water partition coefficient (Wildman–Crippen LogP) is 4.48. The number of H-pyrrole nitrogens is 1. The zero-order valence-corrected chi connectivity index (χ0v) is 13.7. The van der Waals surface area contributed by atoms with Crippen LogP contribution in [0, 0.1) is 6.92 Å². The standard InChI is InChI=1S/C17H18BrN3/c1-11-7-8-13(14(18)9-11)10-19-12(2)17-20-15-5-3-4-6-16(15)21-17/h3-9,12,19H,10H2,1-2H3,(H,20,21). The van der Waals surface area contributed by atoms with Crippen LogP contribution in [0.3, 0.4) is 0 Å². The maximum Gasteiger partial charge on any atom is 0.124 e. The number of para-hydroxylation sites is 2. The molecule has 0 radical (unpaired) electrons. The van der Waals surface area contributed by atoms with E-state index in [1.807, 2.05) is 18.2 Å². The number of benzene rings is 2. The summed E-state index contributed by atoms with van der Waals surface area (Å²) in [6, 6.07) is 14.7. The molecule has 1 unspecified atom stereocenters. The quantitative estimate of drug-likeness (QED) is 0.732. The van der Waals surface area contributed by atoms with Crippen LogP contribution in [0.15, 0.2) is 46.9 Å². The van der Waals surface area contributed by atoms with Gasteiger partial charge in [0, 0.05) is 11.0 Å². The maximum atomic E-state index is 4.63. The van der Waals surface area contributed by atoms with E-state index in [0.717, 1.165) is 27.9 Å². The lowest BCUT2D eigenvalue weighted by atomic mass is 10.1. The number of fused-ring (bicyclic) bond motifs is 1. The predicted molar refractivity (Wildman–Crippen MR) is 90.2 cm³/mol. The summed E-state index contributed by atoms with van der Waals surface area (Å²) in [5.41, 5.74) is 4.61. The Labute approximate surface area is 132 Å². The molecule has 0 saturated heterocycles. The minimum absolute atomic E-state index is 0.172. The summed E-state index contributed by atoms with van der Waals surface area (Å²) in [4.78, 5) is 8.00. The molecule has 2 N–H and O–H groups in total. The molecule has 4 heteroatoms. The highest BCUT2D eigenvalue weighted by molar-refractivity contribution is 9.10. The maximum absolute atomic E-state index is 4.63. The van der Waals surface area contributed by atoms with Crippen molar-refractivity contribution in [1.82, 2.24) is 15.3 Å². The number of halogens is 1. The van der Waals surface area contributed by atoms with Crippen molar-refractivity contribution in [2.24, 2.45) is 0 Å². The highest BCUT2D eigenvalue weighted by Crippen LogP contribution is 2.20. The van der Waals surface area contributed by atoms with Crippen LogP contribution < -0.4 is 5.32 Å². The van der Waals surface area contributed by atoms with Crippen molar-refractivity contribution in [2.45, 2.75) is 26.4 Å². The SMILES string of the molecule is Cc1ccc(CNC(C)c2nc3ccccc3[nH]2)c(Br)c1. The summed E-state index contributed by atoms with van der Waals surface area (Å²) < 4.78 is 1.15. The Morgan fingerprint density at radius 1 is 1.24 bits per heavy atom. The third-order valence-electron chi connectivity index (χ3n) is 3.63. The van der Waals surface area contributed by atoms with Gasteiger partial charge in [-0.2, -0.15) is 0 Å². The zero-order chi connectivity index (χ0) is 14.8. The number of aromatic amines is 1. The van der Waals surface area contributed by atoms with Crippen LogP contribution in [-0.4, -0.2) is 9.97 Å². The van der Waals surface area contributed by atoms with Gasteiger partial charge in [0.2, 0.25) is 0 Å². The number of rotatable bonds is 4. The average Bonchev–Trinajstić information content (AvgIpc) is 2.90. The molecule has 0 aliphatic carbocycles. The van der Waals surface area contributed by atoms with E-state index in [1.54, 1.807) is 0 Å². The molecular formula is C17H18BrN3. The molecule has 1 atom stereocenters. The molecule has 1 aromatic heterocycles. The summed E-state index contributed by atoms with van der Waals surface area (Å²) in [6.07, 6.45) is 0. The lowest BCUT2D eigenvalue weighted by molar-refractivity contribution is 0.551. The molecule has 108 valence electrons. The van der Waals surface area contributed by atoms with Gasteiger partial charge in [0.1, 0.15) is 5.82 Å². The van der Waals surface area contributed by atoms with E-state index in [0.29, 0.717) is 0 Å². The van der Waals surface area contributed by atoms with Gasteiger partial charge >= 0.3 is 0 Å². The van der Waals surface area contributed by atoms with Gasteiger partial charge in [0.15, 0.2) is 0 Å². The largest absolute Gasteiger partial charge is 0.341 e. The van der Waals surface area contributed by atoms with E-state index < -0.39 is 0 Å². The first-order valence-electron chi connectivity index (χ1n) is 7.06. The van der Waals surface area contributed by atoms with Crippen molar-refractivity contribution in [1.29, 1.82) is 0 Å². The van der Waals surface area contributed by atoms with Crippen LogP contribution in [0.25, 0.3) is 11.0 Å². The van der Waals surface area contributed by atoms with E-state index in [2.05, 4.69) is 69.3 Å². The summed E-state index contributed by atoms with van der Waals surface area (Å²) >= 11 is 3.62. The molecular weight excluding hydrogens is 326 g/mol. The molecule has 3 aromatic rings. The third-order valence-corrected chi connectivity index (χ3v) is 4.36. The Kier molecular flexibility index (Phi) is 4.08. The zero-order valence-electron chi connectivity index (χ0n) is 12.2. The van der Waals surface area contributed by atoms with Gasteiger partial charge in [-0.3, -0.25) is 0 Å². The Balaban J connectivity index is 1.72. The van der Waals surface area contributed by atoms with Crippen molar-refractivity contribution in [3.05, 3.63) is 63.9 Å². The normalized spacial score (nSPS) is 12.7. The van der Waals surface area contributed by atoms with Crippen LogP contribution in [0.2, 0.25) is 0 Å². The van der Waals surface area contributed by atoms with Gasteiger partial charge in [-0.25, -0.2) is 4.98 Å². The molecule has 21 heavy (non-hydrogen) atoms. The van der Waals surface area contributed by atoms with Crippen molar-refractivity contribution in [3.8, 4) is 0 Å². The third kappa shape index (κ3) is 3.17. The molecule has 2 aromatic carbocycles. The van der Waals surface area contributed by atoms with Crippen molar-refractivity contribution in [3.63, 3.8) is 0 Å². The van der Waals surface area contributed by atoms with Gasteiger partial charge in [-0.05, 0) is 43.2 Å². The molecule has 0 aliphatic heterocycles. The molecule has 0 fully saturated rings. The highest BCUT2D eigenvalue weighted by Gasteiger charge is 2.10. The first-order chi connectivity index (χ1) is 10.1. The van der Waals surface area contributed by atoms with Gasteiger partial charge in [0.25, 0.3) is 0 Å². The molecule has 1 heterocycles. The molecule has 3 nitrogen and oxygen atoms in total. The number of hydrogen-bond acceptors (Lipinski definition) is 2. The van der Waals surface area contributed by atoms with Crippen LogP contribution >= 0.6 is 15.9 Å². The number of hydrogen-bond donors (Lipinski definition) is 2. The number of imidazole rings is 1. The van der Waals surface area contributed by atoms with Crippen LogP contribution in [0.1, 0.15) is 29.9 Å². The fourth-order valence-electron chi connectivity index (χ4n) is 2.33. The van der Waals surface area contributed by atoms with E-state index in [-0.39, 0.29) is 6.04 Å². The lowest BCUT2D eigenvalue weighted by Gasteiger charge is -2.12. The monoisotopic (exact) mass is 343 g/mol. The first kappa shape index (κ1) is 14.3. The fraction of sp³-hybridized carbons (Fsp3) is 0.235. The van der Waals surface area contributed by atoms with Gasteiger partial charge < -0.3 is 10.3 Å². The number of nitrogens with zero attached hydrogens (tertiary/aromatic N) is 1. The number of aromatic nitrogens is 2. The van der Waals surface area contributed by atoms with E-state index >= 15 is 0 Å². The van der Waals surface area contributed by atoms with Crippen molar-refractivity contribution in [2.75, 3.05) is 0 Å². The summed E-state index contributed by atoms with van der Waals surface area (Å²) in [6.45, 7) is 5.03. The molecule has 0 aliphatic rings. The van der Waals surface area contributed by atoms with Crippen LogP contribution in [-0.2, 0) is 6.54 Å². The molecule has 0 bridgehead atoms. The molecule has 0 amide bonds. The molecule has 0 spiro atoms. The van der Waals surface area contributed by atoms with Crippen molar-refractivity contribution < 1.29 is 0 Å².